The maximum absolute atomic E-state index is 12.3. The van der Waals surface area contributed by atoms with Crippen LogP contribution in [0.1, 0.15) is 12.6 Å². The summed E-state index contributed by atoms with van der Waals surface area (Å²) in [7, 11) is -3.43. The minimum absolute atomic E-state index is 0.00589. The summed E-state index contributed by atoms with van der Waals surface area (Å²) in [6, 6.07) is 1.41. The molecule has 0 spiro atoms. The molecule has 0 amide bonds. The van der Waals surface area contributed by atoms with E-state index < -0.39 is 21.4 Å². The van der Waals surface area contributed by atoms with Crippen molar-refractivity contribution in [3.05, 3.63) is 22.1 Å². The summed E-state index contributed by atoms with van der Waals surface area (Å²) >= 11 is 0. The molecule has 1 aromatic heterocycles. The first-order chi connectivity index (χ1) is 9.36. The lowest BCUT2D eigenvalue weighted by molar-refractivity contribution is -0.143. The number of hydrogen-bond donors (Lipinski definition) is 1. The third-order valence-corrected chi connectivity index (χ3v) is 4.80. The van der Waals surface area contributed by atoms with Gasteiger partial charge in [0, 0.05) is 12.2 Å². The van der Waals surface area contributed by atoms with Crippen molar-refractivity contribution in [1.82, 2.24) is 4.57 Å². The van der Waals surface area contributed by atoms with Crippen LogP contribution in [0.5, 0.6) is 0 Å². The fraction of sp³-hybridized carbons (Fsp3) is 0.500. The molecule has 0 unspecified atom stereocenters. The van der Waals surface area contributed by atoms with E-state index in [-0.39, 0.29) is 36.0 Å². The van der Waals surface area contributed by atoms with Gasteiger partial charge in [-0.3, -0.25) is 14.2 Å². The average Bonchev–Trinajstić information content (AvgIpc) is 2.36. The van der Waals surface area contributed by atoms with Gasteiger partial charge in [-0.25, -0.2) is 8.42 Å². The van der Waals surface area contributed by atoms with Crippen LogP contribution < -0.4 is 10.9 Å². The second-order valence-electron chi connectivity index (χ2n) is 4.47. The smallest absolute Gasteiger partial charge is 0.326 e. The van der Waals surface area contributed by atoms with Crippen molar-refractivity contribution in [2.24, 2.45) is 0 Å². The van der Waals surface area contributed by atoms with Crippen LogP contribution in [0.4, 0.5) is 5.69 Å². The monoisotopic (exact) mass is 300 g/mol. The van der Waals surface area contributed by atoms with Crippen molar-refractivity contribution in [3.8, 4) is 0 Å². The minimum atomic E-state index is -3.43. The SMILES string of the molecule is CCOC(=O)Cn1c(C)cc2c(c1=O)NCCS2(=O)=O. The summed E-state index contributed by atoms with van der Waals surface area (Å²) in [4.78, 5) is 23.8. The predicted octanol–water partition coefficient (Wildman–Crippen LogP) is -0.0810. The molecule has 0 aromatic carbocycles. The van der Waals surface area contributed by atoms with Crippen LogP contribution in [0.2, 0.25) is 0 Å². The molecule has 0 aliphatic carbocycles. The molecule has 1 aromatic rings. The molecule has 0 atom stereocenters. The van der Waals surface area contributed by atoms with E-state index in [1.807, 2.05) is 0 Å². The number of pyridine rings is 1. The van der Waals surface area contributed by atoms with Crippen molar-refractivity contribution in [3.63, 3.8) is 0 Å². The number of aryl methyl sites for hydroxylation is 1. The standard InChI is InChI=1S/C12H16N2O5S/c1-3-19-10(15)7-14-8(2)6-9-11(12(14)16)13-4-5-20(9,17)18/h6,13H,3-5,7H2,1-2H3. The lowest BCUT2D eigenvalue weighted by atomic mass is 10.3. The Hall–Kier alpha value is -1.83. The molecule has 2 rings (SSSR count). The summed E-state index contributed by atoms with van der Waals surface area (Å²) in [6.07, 6.45) is 0. The van der Waals surface area contributed by atoms with Crippen molar-refractivity contribution >= 4 is 21.5 Å². The first-order valence-electron chi connectivity index (χ1n) is 6.23. The van der Waals surface area contributed by atoms with Gasteiger partial charge in [0.1, 0.15) is 12.2 Å². The van der Waals surface area contributed by atoms with Gasteiger partial charge < -0.3 is 10.1 Å². The molecule has 2 heterocycles. The number of sulfone groups is 1. The highest BCUT2D eigenvalue weighted by molar-refractivity contribution is 7.91. The quantitative estimate of drug-likeness (QED) is 0.785. The molecular weight excluding hydrogens is 284 g/mol. The van der Waals surface area contributed by atoms with Crippen LogP contribution in [0.15, 0.2) is 15.8 Å². The maximum atomic E-state index is 12.3. The Morgan fingerprint density at radius 1 is 1.50 bits per heavy atom. The van der Waals surface area contributed by atoms with Crippen LogP contribution in [-0.2, 0) is 25.9 Å². The van der Waals surface area contributed by atoms with E-state index in [2.05, 4.69) is 5.32 Å². The summed E-state index contributed by atoms with van der Waals surface area (Å²) in [5.74, 6) is -0.572. The van der Waals surface area contributed by atoms with Crippen molar-refractivity contribution < 1.29 is 17.9 Å². The molecular formula is C12H16N2O5S. The number of ether oxygens (including phenoxy) is 1. The molecule has 0 fully saturated rings. The van der Waals surface area contributed by atoms with Gasteiger partial charge in [-0.1, -0.05) is 0 Å². The zero-order valence-electron chi connectivity index (χ0n) is 11.3. The fourth-order valence-corrected chi connectivity index (χ4v) is 3.51. The normalized spacial score (nSPS) is 16.1. The van der Waals surface area contributed by atoms with Gasteiger partial charge in [0.25, 0.3) is 5.56 Å². The van der Waals surface area contributed by atoms with Crippen molar-refractivity contribution in [1.29, 1.82) is 0 Å². The van der Waals surface area contributed by atoms with Crippen LogP contribution in [0.25, 0.3) is 0 Å². The van der Waals surface area contributed by atoms with E-state index in [4.69, 9.17) is 4.74 Å². The topological polar surface area (TPSA) is 94.5 Å². The van der Waals surface area contributed by atoms with E-state index in [0.717, 1.165) is 0 Å². The number of carbonyl (C=O) groups excluding carboxylic acids is 1. The molecule has 1 aliphatic heterocycles. The van der Waals surface area contributed by atoms with Gasteiger partial charge in [0.2, 0.25) is 0 Å². The molecule has 7 nitrogen and oxygen atoms in total. The van der Waals surface area contributed by atoms with Crippen LogP contribution >= 0.6 is 0 Å². The molecule has 1 N–H and O–H groups in total. The lowest BCUT2D eigenvalue weighted by Gasteiger charge is -2.20. The van der Waals surface area contributed by atoms with E-state index in [0.29, 0.717) is 5.69 Å². The van der Waals surface area contributed by atoms with Gasteiger partial charge in [-0.2, -0.15) is 0 Å². The highest BCUT2D eigenvalue weighted by atomic mass is 32.2. The van der Waals surface area contributed by atoms with Crippen LogP contribution in [-0.4, -0.2) is 37.9 Å². The highest BCUT2D eigenvalue weighted by Gasteiger charge is 2.27. The molecule has 0 saturated carbocycles. The second kappa shape index (κ2) is 5.28. The first kappa shape index (κ1) is 14.6. The molecule has 8 heteroatoms. The molecule has 0 saturated heterocycles. The fourth-order valence-electron chi connectivity index (χ4n) is 2.10. The molecule has 0 bridgehead atoms. The number of nitrogens with one attached hydrogen (secondary N) is 1. The Kier molecular flexibility index (Phi) is 3.85. The number of fused-ring (bicyclic) bond motifs is 1. The first-order valence-corrected chi connectivity index (χ1v) is 7.88. The summed E-state index contributed by atoms with van der Waals surface area (Å²) in [5, 5.41) is 2.79. The average molecular weight is 300 g/mol. The van der Waals surface area contributed by atoms with Gasteiger partial charge >= 0.3 is 5.97 Å². The van der Waals surface area contributed by atoms with Crippen molar-refractivity contribution in [2.75, 3.05) is 24.2 Å². The predicted molar refractivity (Wildman–Crippen MR) is 72.6 cm³/mol. The lowest BCUT2D eigenvalue weighted by Crippen LogP contribution is -2.35. The van der Waals surface area contributed by atoms with Gasteiger partial charge in [-0.15, -0.1) is 0 Å². The zero-order chi connectivity index (χ0) is 14.9. The number of nitrogens with zero attached hydrogens (tertiary/aromatic N) is 1. The Balaban J connectivity index is 2.53. The maximum Gasteiger partial charge on any atom is 0.326 e. The minimum Gasteiger partial charge on any atom is -0.465 e. The highest BCUT2D eigenvalue weighted by Crippen LogP contribution is 2.23. The second-order valence-corrected chi connectivity index (χ2v) is 6.54. The van der Waals surface area contributed by atoms with Crippen molar-refractivity contribution in [2.45, 2.75) is 25.3 Å². The largest absolute Gasteiger partial charge is 0.465 e. The van der Waals surface area contributed by atoms with E-state index in [1.165, 1.54) is 10.6 Å². The summed E-state index contributed by atoms with van der Waals surface area (Å²) in [6.45, 7) is 3.45. The zero-order valence-corrected chi connectivity index (χ0v) is 12.1. The number of rotatable bonds is 3. The van der Waals surface area contributed by atoms with Crippen LogP contribution in [0, 0.1) is 6.92 Å². The summed E-state index contributed by atoms with van der Waals surface area (Å²) in [5.41, 5.74) is -0.0726. The number of anilines is 1. The van der Waals surface area contributed by atoms with E-state index in [1.54, 1.807) is 13.8 Å². The third kappa shape index (κ3) is 2.55. The Bertz CT molecular complexity index is 705. The Labute approximate surface area is 116 Å². The molecule has 110 valence electrons. The number of aromatic nitrogens is 1. The number of esters is 1. The Morgan fingerprint density at radius 3 is 2.85 bits per heavy atom. The van der Waals surface area contributed by atoms with E-state index in [9.17, 15) is 18.0 Å². The molecule has 1 aliphatic rings. The number of carbonyl (C=O) groups is 1. The molecule has 0 radical (unpaired) electrons. The van der Waals surface area contributed by atoms with Gasteiger partial charge in [0.15, 0.2) is 9.84 Å². The van der Waals surface area contributed by atoms with Crippen LogP contribution in [0.3, 0.4) is 0 Å². The third-order valence-electron chi connectivity index (χ3n) is 3.07. The van der Waals surface area contributed by atoms with E-state index >= 15 is 0 Å². The van der Waals surface area contributed by atoms with Gasteiger partial charge in [-0.05, 0) is 19.9 Å². The summed E-state index contributed by atoms with van der Waals surface area (Å²) < 4.78 is 29.9. The Morgan fingerprint density at radius 2 is 2.20 bits per heavy atom. The molecule has 20 heavy (non-hydrogen) atoms. The van der Waals surface area contributed by atoms with Gasteiger partial charge in [0.05, 0.1) is 17.3 Å². The number of hydrogen-bond acceptors (Lipinski definition) is 6.